The van der Waals surface area contributed by atoms with Crippen molar-refractivity contribution >= 4 is 23.6 Å². The van der Waals surface area contributed by atoms with Crippen LogP contribution in [-0.2, 0) is 9.59 Å². The summed E-state index contributed by atoms with van der Waals surface area (Å²) in [5, 5.41) is 11.6. The number of carbonyl (C=O) groups excluding carboxylic acids is 2. The number of benzene rings is 1. The van der Waals surface area contributed by atoms with E-state index in [0.29, 0.717) is 19.6 Å². The lowest BCUT2D eigenvalue weighted by Crippen LogP contribution is -2.48. The number of rotatable bonds is 6. The molecule has 0 aromatic heterocycles. The standard InChI is InChI=1S/C18H25N3O4/c1-2-20(12-10-16(22)23)17(24)14-7-6-11-21(13-14)18(25)19-15-8-4-3-5-9-15/h3-5,8-9,14H,2,6-7,10-13H2,1H3,(H,19,25)(H,22,23). The Morgan fingerprint density at radius 1 is 1.28 bits per heavy atom. The first-order valence-corrected chi connectivity index (χ1v) is 8.62. The summed E-state index contributed by atoms with van der Waals surface area (Å²) in [6.45, 7) is 3.49. The predicted octanol–water partition coefficient (Wildman–Crippen LogP) is 2.25. The Hall–Kier alpha value is -2.57. The van der Waals surface area contributed by atoms with Gasteiger partial charge in [0.1, 0.15) is 0 Å². The van der Waals surface area contributed by atoms with Crippen molar-refractivity contribution in [3.63, 3.8) is 0 Å². The normalized spacial score (nSPS) is 17.0. The number of hydrogen-bond donors (Lipinski definition) is 2. The number of piperidine rings is 1. The molecule has 136 valence electrons. The Balaban J connectivity index is 1.93. The minimum Gasteiger partial charge on any atom is -0.481 e. The first-order valence-electron chi connectivity index (χ1n) is 8.62. The van der Waals surface area contributed by atoms with Crippen LogP contribution in [0.15, 0.2) is 30.3 Å². The maximum atomic E-state index is 12.6. The van der Waals surface area contributed by atoms with E-state index in [1.807, 2.05) is 37.3 Å². The molecule has 1 aliphatic rings. The summed E-state index contributed by atoms with van der Waals surface area (Å²) in [5.74, 6) is -1.26. The minimum absolute atomic E-state index is 0.0650. The summed E-state index contributed by atoms with van der Waals surface area (Å²) in [5.41, 5.74) is 0.720. The van der Waals surface area contributed by atoms with Gasteiger partial charge in [0.15, 0.2) is 0 Å². The van der Waals surface area contributed by atoms with Gasteiger partial charge in [-0.2, -0.15) is 0 Å². The number of para-hydroxylation sites is 1. The molecule has 2 rings (SSSR count). The molecule has 1 aromatic carbocycles. The average Bonchev–Trinajstić information content (AvgIpc) is 2.62. The van der Waals surface area contributed by atoms with E-state index in [9.17, 15) is 14.4 Å². The molecule has 0 aliphatic carbocycles. The summed E-state index contributed by atoms with van der Waals surface area (Å²) in [4.78, 5) is 39.0. The van der Waals surface area contributed by atoms with Crippen LogP contribution < -0.4 is 5.32 Å². The molecule has 1 heterocycles. The van der Waals surface area contributed by atoms with Gasteiger partial charge in [0.05, 0.1) is 12.3 Å². The highest BCUT2D eigenvalue weighted by atomic mass is 16.4. The fraction of sp³-hybridized carbons (Fsp3) is 0.500. The van der Waals surface area contributed by atoms with Gasteiger partial charge in [0.25, 0.3) is 0 Å². The van der Waals surface area contributed by atoms with Crippen molar-refractivity contribution in [3.8, 4) is 0 Å². The van der Waals surface area contributed by atoms with Gasteiger partial charge in [0, 0.05) is 31.9 Å². The predicted molar refractivity (Wildman–Crippen MR) is 94.3 cm³/mol. The molecular formula is C18H25N3O4. The van der Waals surface area contributed by atoms with Crippen molar-refractivity contribution in [1.29, 1.82) is 0 Å². The minimum atomic E-state index is -0.918. The first-order chi connectivity index (χ1) is 12.0. The van der Waals surface area contributed by atoms with Crippen LogP contribution in [0.2, 0.25) is 0 Å². The fourth-order valence-electron chi connectivity index (χ4n) is 3.00. The number of urea groups is 1. The van der Waals surface area contributed by atoms with E-state index in [1.165, 1.54) is 0 Å². The lowest BCUT2D eigenvalue weighted by molar-refractivity contribution is -0.140. The van der Waals surface area contributed by atoms with Crippen LogP contribution in [0.5, 0.6) is 0 Å². The fourth-order valence-corrected chi connectivity index (χ4v) is 3.00. The molecule has 1 aliphatic heterocycles. The Labute approximate surface area is 147 Å². The second-order valence-corrected chi connectivity index (χ2v) is 6.14. The number of nitrogens with one attached hydrogen (secondary N) is 1. The molecule has 1 unspecified atom stereocenters. The summed E-state index contributed by atoms with van der Waals surface area (Å²) in [6.07, 6.45) is 1.41. The summed E-state index contributed by atoms with van der Waals surface area (Å²) < 4.78 is 0. The molecular weight excluding hydrogens is 322 g/mol. The molecule has 0 bridgehead atoms. The molecule has 0 spiro atoms. The van der Waals surface area contributed by atoms with Crippen molar-refractivity contribution < 1.29 is 19.5 Å². The van der Waals surface area contributed by atoms with E-state index in [1.54, 1.807) is 9.80 Å². The maximum absolute atomic E-state index is 12.6. The van der Waals surface area contributed by atoms with Crippen LogP contribution in [-0.4, -0.2) is 59.0 Å². The van der Waals surface area contributed by atoms with Gasteiger partial charge in [-0.15, -0.1) is 0 Å². The van der Waals surface area contributed by atoms with Crippen molar-refractivity contribution in [3.05, 3.63) is 30.3 Å². The molecule has 0 saturated carbocycles. The molecule has 3 amide bonds. The highest BCUT2D eigenvalue weighted by Crippen LogP contribution is 2.20. The van der Waals surface area contributed by atoms with Crippen LogP contribution >= 0.6 is 0 Å². The molecule has 25 heavy (non-hydrogen) atoms. The SMILES string of the molecule is CCN(CCC(=O)O)C(=O)C1CCCN(C(=O)Nc2ccccc2)C1. The quantitative estimate of drug-likeness (QED) is 0.826. The molecule has 1 atom stereocenters. The number of nitrogens with zero attached hydrogens (tertiary/aromatic N) is 2. The molecule has 7 nitrogen and oxygen atoms in total. The van der Waals surface area contributed by atoms with Gasteiger partial charge in [-0.1, -0.05) is 18.2 Å². The second kappa shape index (κ2) is 9.05. The average molecular weight is 347 g/mol. The molecule has 0 radical (unpaired) electrons. The molecule has 1 fully saturated rings. The first kappa shape index (κ1) is 18.8. The zero-order valence-electron chi connectivity index (χ0n) is 14.5. The van der Waals surface area contributed by atoms with Crippen molar-refractivity contribution in [2.24, 2.45) is 5.92 Å². The number of carbonyl (C=O) groups is 3. The Bertz CT molecular complexity index is 606. The third kappa shape index (κ3) is 5.48. The third-order valence-electron chi connectivity index (χ3n) is 4.37. The van der Waals surface area contributed by atoms with Gasteiger partial charge in [-0.3, -0.25) is 9.59 Å². The summed E-state index contributed by atoms with van der Waals surface area (Å²) in [7, 11) is 0. The van der Waals surface area contributed by atoms with Gasteiger partial charge >= 0.3 is 12.0 Å². The number of anilines is 1. The van der Waals surface area contributed by atoms with Crippen molar-refractivity contribution in [2.45, 2.75) is 26.2 Å². The summed E-state index contributed by atoms with van der Waals surface area (Å²) >= 11 is 0. The van der Waals surface area contributed by atoms with E-state index in [2.05, 4.69) is 5.32 Å². The van der Waals surface area contributed by atoms with Crippen LogP contribution in [0.4, 0.5) is 10.5 Å². The van der Waals surface area contributed by atoms with E-state index in [-0.39, 0.29) is 30.8 Å². The van der Waals surface area contributed by atoms with E-state index in [0.717, 1.165) is 18.5 Å². The number of carboxylic acids is 1. The third-order valence-corrected chi connectivity index (χ3v) is 4.37. The van der Waals surface area contributed by atoms with E-state index < -0.39 is 5.97 Å². The van der Waals surface area contributed by atoms with Crippen LogP contribution in [0, 0.1) is 5.92 Å². The van der Waals surface area contributed by atoms with Crippen molar-refractivity contribution in [2.75, 3.05) is 31.5 Å². The zero-order valence-corrected chi connectivity index (χ0v) is 14.5. The Morgan fingerprint density at radius 3 is 2.64 bits per heavy atom. The van der Waals surface area contributed by atoms with Crippen LogP contribution in [0.3, 0.4) is 0 Å². The molecule has 7 heteroatoms. The smallest absolute Gasteiger partial charge is 0.321 e. The lowest BCUT2D eigenvalue weighted by Gasteiger charge is -2.34. The highest BCUT2D eigenvalue weighted by Gasteiger charge is 2.31. The second-order valence-electron chi connectivity index (χ2n) is 6.14. The molecule has 1 saturated heterocycles. The van der Waals surface area contributed by atoms with Gasteiger partial charge in [0.2, 0.25) is 5.91 Å². The number of hydrogen-bond acceptors (Lipinski definition) is 3. The number of aliphatic carboxylic acids is 1. The highest BCUT2D eigenvalue weighted by molar-refractivity contribution is 5.90. The molecule has 1 aromatic rings. The summed E-state index contributed by atoms with van der Waals surface area (Å²) in [6, 6.07) is 8.99. The number of carboxylic acid groups (broad SMARTS) is 1. The van der Waals surface area contributed by atoms with Crippen LogP contribution in [0.25, 0.3) is 0 Å². The van der Waals surface area contributed by atoms with Crippen molar-refractivity contribution in [1.82, 2.24) is 9.80 Å². The Morgan fingerprint density at radius 2 is 2.00 bits per heavy atom. The van der Waals surface area contributed by atoms with Gasteiger partial charge < -0.3 is 20.2 Å². The molecule has 2 N–H and O–H groups in total. The Kier molecular flexibility index (Phi) is 6.80. The lowest BCUT2D eigenvalue weighted by atomic mass is 9.96. The van der Waals surface area contributed by atoms with Gasteiger partial charge in [-0.25, -0.2) is 4.79 Å². The van der Waals surface area contributed by atoms with Crippen LogP contribution in [0.1, 0.15) is 26.2 Å². The van der Waals surface area contributed by atoms with E-state index >= 15 is 0 Å². The largest absolute Gasteiger partial charge is 0.481 e. The maximum Gasteiger partial charge on any atom is 0.321 e. The van der Waals surface area contributed by atoms with Gasteiger partial charge in [-0.05, 0) is 31.9 Å². The zero-order chi connectivity index (χ0) is 18.2. The topological polar surface area (TPSA) is 90.0 Å². The number of likely N-dealkylation sites (tertiary alicyclic amines) is 1. The van der Waals surface area contributed by atoms with E-state index in [4.69, 9.17) is 5.11 Å². The monoisotopic (exact) mass is 347 g/mol. The number of amides is 3.